The van der Waals surface area contributed by atoms with Gasteiger partial charge in [0.1, 0.15) is 0 Å². The standard InChI is InChI=1S/C38H27NO.C7H8/c1-39-37-20-19-30(27-13-6-3-7-14-27)22-34(37)36-24-32(23-35(38(36)39)33-18-9-8-15-31(33)25-40)29-17-10-16-28(21-29)26-11-4-2-5-12-26;1-7-5-3-2-4-6-7/h2-25H,1H3;2-6H,1H3. The van der Waals surface area contributed by atoms with Crippen LogP contribution in [0.4, 0.5) is 0 Å². The Labute approximate surface area is 276 Å². The maximum atomic E-state index is 12.1. The van der Waals surface area contributed by atoms with E-state index in [0.29, 0.717) is 5.56 Å². The second-order valence-corrected chi connectivity index (χ2v) is 11.9. The molecule has 0 atom stereocenters. The van der Waals surface area contributed by atoms with E-state index in [-0.39, 0.29) is 0 Å². The van der Waals surface area contributed by atoms with Gasteiger partial charge in [-0.2, -0.15) is 0 Å². The van der Waals surface area contributed by atoms with Gasteiger partial charge >= 0.3 is 0 Å². The number of hydrogen-bond acceptors (Lipinski definition) is 1. The monoisotopic (exact) mass is 605 g/mol. The molecule has 0 fully saturated rings. The van der Waals surface area contributed by atoms with E-state index in [1.54, 1.807) is 0 Å². The number of carbonyl (C=O) groups is 1. The second kappa shape index (κ2) is 13.2. The van der Waals surface area contributed by atoms with Crippen LogP contribution in [-0.4, -0.2) is 10.9 Å². The van der Waals surface area contributed by atoms with Crippen LogP contribution in [-0.2, 0) is 7.05 Å². The van der Waals surface area contributed by atoms with Crippen molar-refractivity contribution in [1.82, 2.24) is 4.57 Å². The van der Waals surface area contributed by atoms with E-state index in [0.717, 1.165) is 39.6 Å². The van der Waals surface area contributed by atoms with E-state index in [1.807, 2.05) is 48.5 Å². The Bertz CT molecular complexity index is 2320. The van der Waals surface area contributed by atoms with Crippen molar-refractivity contribution in [2.24, 2.45) is 7.05 Å². The summed E-state index contributed by atoms with van der Waals surface area (Å²) >= 11 is 0. The highest BCUT2D eigenvalue weighted by molar-refractivity contribution is 6.15. The van der Waals surface area contributed by atoms with Crippen molar-refractivity contribution >= 4 is 28.1 Å². The number of fused-ring (bicyclic) bond motifs is 3. The van der Waals surface area contributed by atoms with Gasteiger partial charge in [0.05, 0.1) is 5.52 Å². The highest BCUT2D eigenvalue weighted by Crippen LogP contribution is 2.41. The number of aryl methyl sites for hydroxylation is 2. The molecule has 1 heterocycles. The van der Waals surface area contributed by atoms with Crippen LogP contribution in [0, 0.1) is 6.92 Å². The van der Waals surface area contributed by atoms with E-state index in [2.05, 4.69) is 140 Å². The molecule has 0 N–H and O–H groups in total. The largest absolute Gasteiger partial charge is 0.343 e. The number of nitrogens with zero attached hydrogens (tertiary/aromatic N) is 1. The lowest BCUT2D eigenvalue weighted by Gasteiger charge is -2.13. The zero-order chi connectivity index (χ0) is 32.2. The maximum absolute atomic E-state index is 12.1. The van der Waals surface area contributed by atoms with Crippen molar-refractivity contribution in [3.63, 3.8) is 0 Å². The van der Waals surface area contributed by atoms with Gasteiger partial charge in [0, 0.05) is 34.5 Å². The molecular formula is C45H35NO. The molecule has 47 heavy (non-hydrogen) atoms. The van der Waals surface area contributed by atoms with E-state index in [4.69, 9.17) is 0 Å². The van der Waals surface area contributed by atoms with Crippen LogP contribution in [0.2, 0.25) is 0 Å². The molecular weight excluding hydrogens is 571 g/mol. The quantitative estimate of drug-likeness (QED) is 0.179. The van der Waals surface area contributed by atoms with Gasteiger partial charge in [-0.25, -0.2) is 0 Å². The molecule has 8 rings (SSSR count). The van der Waals surface area contributed by atoms with Crippen LogP contribution >= 0.6 is 0 Å². The average Bonchev–Trinajstić information content (AvgIpc) is 3.43. The summed E-state index contributed by atoms with van der Waals surface area (Å²) in [4.78, 5) is 12.1. The van der Waals surface area contributed by atoms with Crippen LogP contribution in [0.1, 0.15) is 15.9 Å². The average molecular weight is 606 g/mol. The zero-order valence-corrected chi connectivity index (χ0v) is 26.6. The van der Waals surface area contributed by atoms with Crippen molar-refractivity contribution in [3.8, 4) is 44.5 Å². The van der Waals surface area contributed by atoms with Gasteiger partial charge < -0.3 is 4.57 Å². The molecule has 0 spiro atoms. The summed E-state index contributed by atoms with van der Waals surface area (Å²) in [7, 11) is 2.12. The first-order chi connectivity index (χ1) is 23.1. The lowest BCUT2D eigenvalue weighted by atomic mass is 9.92. The van der Waals surface area contributed by atoms with Gasteiger partial charge in [0.25, 0.3) is 0 Å². The molecule has 0 aliphatic heterocycles. The van der Waals surface area contributed by atoms with Gasteiger partial charge in [-0.3, -0.25) is 4.79 Å². The first kappa shape index (κ1) is 29.7. The zero-order valence-electron chi connectivity index (χ0n) is 26.6. The Morgan fingerprint density at radius 3 is 1.60 bits per heavy atom. The van der Waals surface area contributed by atoms with Crippen molar-refractivity contribution < 1.29 is 4.79 Å². The van der Waals surface area contributed by atoms with Crippen LogP contribution in [0.3, 0.4) is 0 Å². The fourth-order valence-electron chi connectivity index (χ4n) is 6.44. The summed E-state index contributed by atoms with van der Waals surface area (Å²) in [5.74, 6) is 0. The van der Waals surface area contributed by atoms with Gasteiger partial charge in [0.15, 0.2) is 6.29 Å². The maximum Gasteiger partial charge on any atom is 0.150 e. The van der Waals surface area contributed by atoms with Crippen molar-refractivity contribution in [2.75, 3.05) is 0 Å². The second-order valence-electron chi connectivity index (χ2n) is 11.9. The molecule has 2 heteroatoms. The Morgan fingerprint density at radius 1 is 0.447 bits per heavy atom. The molecule has 7 aromatic carbocycles. The third-order valence-electron chi connectivity index (χ3n) is 8.82. The van der Waals surface area contributed by atoms with E-state index in [1.165, 1.54) is 38.6 Å². The number of aromatic nitrogens is 1. The van der Waals surface area contributed by atoms with Crippen LogP contribution in [0.25, 0.3) is 66.3 Å². The molecule has 1 aromatic heterocycles. The lowest BCUT2D eigenvalue weighted by Crippen LogP contribution is -1.94. The molecule has 0 amide bonds. The lowest BCUT2D eigenvalue weighted by molar-refractivity contribution is 0.112. The van der Waals surface area contributed by atoms with Gasteiger partial charge in [-0.05, 0) is 76.2 Å². The number of carbonyl (C=O) groups excluding carboxylic acids is 1. The number of hydrogen-bond donors (Lipinski definition) is 0. The fourth-order valence-corrected chi connectivity index (χ4v) is 6.44. The molecule has 0 saturated heterocycles. The molecule has 0 unspecified atom stereocenters. The molecule has 0 radical (unpaired) electrons. The van der Waals surface area contributed by atoms with E-state index in [9.17, 15) is 4.79 Å². The molecule has 2 nitrogen and oxygen atoms in total. The highest BCUT2D eigenvalue weighted by atomic mass is 16.1. The van der Waals surface area contributed by atoms with Crippen molar-refractivity contribution in [3.05, 3.63) is 181 Å². The minimum atomic E-state index is 0.689. The summed E-state index contributed by atoms with van der Waals surface area (Å²) in [6.45, 7) is 2.08. The Hall–Kier alpha value is -5.99. The van der Waals surface area contributed by atoms with E-state index < -0.39 is 0 Å². The summed E-state index contributed by atoms with van der Waals surface area (Å²) in [6, 6.07) is 59.1. The van der Waals surface area contributed by atoms with E-state index >= 15 is 0 Å². The molecule has 0 bridgehead atoms. The van der Waals surface area contributed by atoms with Crippen LogP contribution in [0.15, 0.2) is 170 Å². The van der Waals surface area contributed by atoms with Crippen molar-refractivity contribution in [1.29, 1.82) is 0 Å². The number of benzene rings is 7. The van der Waals surface area contributed by atoms with Gasteiger partial charge in [0.2, 0.25) is 0 Å². The Balaban J connectivity index is 0.000000447. The van der Waals surface area contributed by atoms with Crippen LogP contribution < -0.4 is 0 Å². The predicted octanol–water partition coefficient (Wildman–Crippen LogP) is 11.8. The topological polar surface area (TPSA) is 22.0 Å². The summed E-state index contributed by atoms with van der Waals surface area (Å²) in [5, 5.41) is 2.37. The first-order valence-corrected chi connectivity index (χ1v) is 15.9. The van der Waals surface area contributed by atoms with Gasteiger partial charge in [-0.1, -0.05) is 145 Å². The van der Waals surface area contributed by atoms with Crippen molar-refractivity contribution in [2.45, 2.75) is 6.92 Å². The SMILES string of the molecule is Cc1ccccc1.Cn1c2ccc(-c3ccccc3)cc2c2cc(-c3cccc(-c4ccccc4)c3)cc(-c3ccccc3C=O)c21. The summed E-state index contributed by atoms with van der Waals surface area (Å²) in [6.07, 6.45) is 0.958. The van der Waals surface area contributed by atoms with Gasteiger partial charge in [-0.15, -0.1) is 0 Å². The minimum Gasteiger partial charge on any atom is -0.343 e. The summed E-state index contributed by atoms with van der Waals surface area (Å²) < 4.78 is 2.26. The molecule has 226 valence electrons. The minimum absolute atomic E-state index is 0.689. The third-order valence-corrected chi connectivity index (χ3v) is 8.82. The predicted molar refractivity (Wildman–Crippen MR) is 199 cm³/mol. The smallest absolute Gasteiger partial charge is 0.150 e. The Morgan fingerprint density at radius 2 is 0.979 bits per heavy atom. The fraction of sp³-hybridized carbons (Fsp3) is 0.0444. The number of aldehydes is 1. The molecule has 8 aromatic rings. The molecule has 0 saturated carbocycles. The Kier molecular flexibility index (Phi) is 8.32. The van der Waals surface area contributed by atoms with Crippen LogP contribution in [0.5, 0.6) is 0 Å². The third kappa shape index (κ3) is 6.02. The highest BCUT2D eigenvalue weighted by Gasteiger charge is 2.18. The number of rotatable bonds is 5. The summed E-state index contributed by atoms with van der Waals surface area (Å²) in [5.41, 5.74) is 13.3. The molecule has 0 aliphatic rings. The normalized spacial score (nSPS) is 10.9. The molecule has 0 aliphatic carbocycles. The first-order valence-electron chi connectivity index (χ1n) is 15.9.